The third-order valence-electron chi connectivity index (χ3n) is 4.78. The summed E-state index contributed by atoms with van der Waals surface area (Å²) in [5.74, 6) is 0.723. The van der Waals surface area contributed by atoms with Crippen molar-refractivity contribution in [1.82, 2.24) is 19.9 Å². The molecule has 0 spiro atoms. The van der Waals surface area contributed by atoms with Crippen LogP contribution in [0.25, 0.3) is 10.8 Å². The maximum Gasteiger partial charge on any atom is 0.188 e. The fourth-order valence-corrected chi connectivity index (χ4v) is 4.26. The van der Waals surface area contributed by atoms with Crippen LogP contribution < -0.4 is 0 Å². The molecule has 1 aliphatic rings. The van der Waals surface area contributed by atoms with Gasteiger partial charge in [-0.15, -0.1) is 11.3 Å². The maximum absolute atomic E-state index is 4.75. The second-order valence-corrected chi connectivity index (χ2v) is 7.37. The van der Waals surface area contributed by atoms with E-state index in [1.54, 1.807) is 23.7 Å². The zero-order valence-electron chi connectivity index (χ0n) is 14.2. The summed E-state index contributed by atoms with van der Waals surface area (Å²) in [6, 6.07) is 13.3. The second-order valence-electron chi connectivity index (χ2n) is 6.51. The molecule has 128 valence electrons. The molecule has 2 aromatic heterocycles. The number of nitrogens with zero attached hydrogens (tertiary/aromatic N) is 4. The topological polar surface area (TPSA) is 41.9 Å². The van der Waals surface area contributed by atoms with Gasteiger partial charge in [0.2, 0.25) is 0 Å². The van der Waals surface area contributed by atoms with Crippen LogP contribution in [0.4, 0.5) is 0 Å². The molecule has 0 N–H and O–H groups in total. The van der Waals surface area contributed by atoms with Crippen LogP contribution >= 0.6 is 11.3 Å². The molecule has 1 saturated heterocycles. The Labute approximate surface area is 152 Å². The highest BCUT2D eigenvalue weighted by Gasteiger charge is 2.25. The van der Waals surface area contributed by atoms with Crippen LogP contribution in [-0.4, -0.2) is 32.4 Å². The lowest BCUT2D eigenvalue weighted by Gasteiger charge is -2.23. The molecule has 1 aliphatic heterocycles. The molecule has 3 heterocycles. The molecule has 3 aromatic rings. The smallest absolute Gasteiger partial charge is 0.188 e. The lowest BCUT2D eigenvalue weighted by molar-refractivity contribution is 0.232. The average Bonchev–Trinajstić information content (AvgIpc) is 3.32. The standard InChI is InChI=1S/C20H22N4S/c1-2-6-16(7-3-1)9-10-18-8-4-13-24(18)14-17-15-25-20(23-17)19-21-11-5-12-22-19/h1-3,5-7,11-12,15,18H,4,8-10,13-14H2. The van der Waals surface area contributed by atoms with Gasteiger partial charge in [-0.3, -0.25) is 4.90 Å². The van der Waals surface area contributed by atoms with Crippen molar-refractivity contribution in [3.05, 3.63) is 65.4 Å². The van der Waals surface area contributed by atoms with E-state index in [0.29, 0.717) is 6.04 Å². The minimum atomic E-state index is 0.665. The highest BCUT2D eigenvalue weighted by atomic mass is 32.1. The minimum Gasteiger partial charge on any atom is -0.295 e. The Morgan fingerprint density at radius 1 is 1.08 bits per heavy atom. The Balaban J connectivity index is 1.37. The first-order valence-corrected chi connectivity index (χ1v) is 9.76. The first-order chi connectivity index (χ1) is 12.4. The Hall–Kier alpha value is -2.11. The molecule has 1 aromatic carbocycles. The van der Waals surface area contributed by atoms with Crippen LogP contribution in [0.2, 0.25) is 0 Å². The van der Waals surface area contributed by atoms with Crippen LogP contribution in [0, 0.1) is 0 Å². The van der Waals surface area contributed by atoms with E-state index < -0.39 is 0 Å². The van der Waals surface area contributed by atoms with Gasteiger partial charge in [0.1, 0.15) is 0 Å². The zero-order chi connectivity index (χ0) is 16.9. The third kappa shape index (κ3) is 4.11. The van der Waals surface area contributed by atoms with Crippen LogP contribution in [0.3, 0.4) is 0 Å². The van der Waals surface area contributed by atoms with Crippen molar-refractivity contribution in [3.8, 4) is 10.8 Å². The third-order valence-corrected chi connectivity index (χ3v) is 5.67. The van der Waals surface area contributed by atoms with Crippen LogP contribution in [0.1, 0.15) is 30.5 Å². The summed E-state index contributed by atoms with van der Waals surface area (Å²) in [5.41, 5.74) is 2.57. The van der Waals surface area contributed by atoms with Crippen LogP contribution in [0.5, 0.6) is 0 Å². The summed E-state index contributed by atoms with van der Waals surface area (Å²) in [5, 5.41) is 3.06. The van der Waals surface area contributed by atoms with E-state index >= 15 is 0 Å². The lowest BCUT2D eigenvalue weighted by Crippen LogP contribution is -2.29. The van der Waals surface area contributed by atoms with E-state index in [9.17, 15) is 0 Å². The van der Waals surface area contributed by atoms with Gasteiger partial charge in [-0.25, -0.2) is 15.0 Å². The Morgan fingerprint density at radius 3 is 2.76 bits per heavy atom. The Kier molecular flexibility index (Phi) is 5.14. The number of aryl methyl sites for hydroxylation is 1. The maximum atomic E-state index is 4.75. The highest BCUT2D eigenvalue weighted by Crippen LogP contribution is 2.26. The van der Waals surface area contributed by atoms with Crippen molar-refractivity contribution in [1.29, 1.82) is 0 Å². The van der Waals surface area contributed by atoms with Crippen LogP contribution in [0.15, 0.2) is 54.2 Å². The number of thiazole rings is 1. The number of rotatable bonds is 6. The number of hydrogen-bond donors (Lipinski definition) is 0. The molecule has 0 amide bonds. The fourth-order valence-electron chi connectivity index (χ4n) is 3.51. The van der Waals surface area contributed by atoms with E-state index in [1.807, 2.05) is 6.07 Å². The molecular weight excluding hydrogens is 328 g/mol. The van der Waals surface area contributed by atoms with Gasteiger partial charge in [0.15, 0.2) is 10.8 Å². The molecule has 0 radical (unpaired) electrons. The van der Waals surface area contributed by atoms with Crippen LogP contribution in [-0.2, 0) is 13.0 Å². The first-order valence-electron chi connectivity index (χ1n) is 8.88. The van der Waals surface area contributed by atoms with Gasteiger partial charge in [-0.2, -0.15) is 0 Å². The first kappa shape index (κ1) is 16.4. The molecule has 1 atom stereocenters. The number of aromatic nitrogens is 3. The van der Waals surface area contributed by atoms with E-state index in [4.69, 9.17) is 4.98 Å². The predicted molar refractivity (Wildman–Crippen MR) is 101 cm³/mol. The zero-order valence-corrected chi connectivity index (χ0v) is 15.0. The summed E-state index contributed by atoms with van der Waals surface area (Å²) in [4.78, 5) is 15.9. The summed E-state index contributed by atoms with van der Waals surface area (Å²) >= 11 is 1.63. The minimum absolute atomic E-state index is 0.665. The average molecular weight is 350 g/mol. The summed E-state index contributed by atoms with van der Waals surface area (Å²) < 4.78 is 0. The van der Waals surface area contributed by atoms with Gasteiger partial charge in [0, 0.05) is 30.4 Å². The largest absolute Gasteiger partial charge is 0.295 e. The summed E-state index contributed by atoms with van der Waals surface area (Å²) in [6.45, 7) is 2.11. The monoisotopic (exact) mass is 350 g/mol. The normalized spacial score (nSPS) is 17.8. The van der Waals surface area contributed by atoms with E-state index in [0.717, 1.165) is 29.5 Å². The lowest BCUT2D eigenvalue weighted by atomic mass is 10.0. The molecule has 5 heteroatoms. The molecule has 0 aliphatic carbocycles. The quantitative estimate of drug-likeness (QED) is 0.668. The molecule has 0 saturated carbocycles. The molecule has 4 nitrogen and oxygen atoms in total. The van der Waals surface area contributed by atoms with Crippen molar-refractivity contribution >= 4 is 11.3 Å². The van der Waals surface area contributed by atoms with E-state index in [-0.39, 0.29) is 0 Å². The van der Waals surface area contributed by atoms with Gasteiger partial charge in [0.25, 0.3) is 0 Å². The molecular formula is C20H22N4S. The molecule has 4 rings (SSSR count). The van der Waals surface area contributed by atoms with Crippen molar-refractivity contribution < 1.29 is 0 Å². The van der Waals surface area contributed by atoms with Crippen molar-refractivity contribution in [2.75, 3.05) is 6.54 Å². The van der Waals surface area contributed by atoms with Gasteiger partial charge >= 0.3 is 0 Å². The van der Waals surface area contributed by atoms with Crippen molar-refractivity contribution in [2.24, 2.45) is 0 Å². The SMILES string of the molecule is c1ccc(CCC2CCCN2Cc2csc(-c3ncccn3)n2)cc1. The second kappa shape index (κ2) is 7.85. The molecule has 0 bridgehead atoms. The number of hydrogen-bond acceptors (Lipinski definition) is 5. The van der Waals surface area contributed by atoms with Gasteiger partial charge in [-0.1, -0.05) is 30.3 Å². The number of likely N-dealkylation sites (tertiary alicyclic amines) is 1. The predicted octanol–water partition coefficient (Wildman–Crippen LogP) is 4.20. The highest BCUT2D eigenvalue weighted by molar-refractivity contribution is 7.13. The molecule has 1 unspecified atom stereocenters. The summed E-state index contributed by atoms with van der Waals surface area (Å²) in [6.07, 6.45) is 8.50. The molecule has 1 fully saturated rings. The van der Waals surface area contributed by atoms with Crippen molar-refractivity contribution in [2.45, 2.75) is 38.3 Å². The Bertz CT molecular complexity index is 788. The molecule has 25 heavy (non-hydrogen) atoms. The Morgan fingerprint density at radius 2 is 1.92 bits per heavy atom. The summed E-state index contributed by atoms with van der Waals surface area (Å²) in [7, 11) is 0. The van der Waals surface area contributed by atoms with Gasteiger partial charge in [-0.05, 0) is 43.9 Å². The van der Waals surface area contributed by atoms with Crippen molar-refractivity contribution in [3.63, 3.8) is 0 Å². The van der Waals surface area contributed by atoms with Gasteiger partial charge in [0.05, 0.1) is 5.69 Å². The number of benzene rings is 1. The van der Waals surface area contributed by atoms with E-state index in [1.165, 1.54) is 31.4 Å². The fraction of sp³-hybridized carbons (Fsp3) is 0.350. The van der Waals surface area contributed by atoms with E-state index in [2.05, 4.69) is 50.6 Å². The van der Waals surface area contributed by atoms with Gasteiger partial charge < -0.3 is 0 Å².